The van der Waals surface area contributed by atoms with E-state index in [0.29, 0.717) is 13.2 Å². The van der Waals surface area contributed by atoms with Crippen LogP contribution in [0.3, 0.4) is 0 Å². The Morgan fingerprint density at radius 1 is 1.30 bits per heavy atom. The van der Waals surface area contributed by atoms with Crippen LogP contribution in [0.2, 0.25) is 0 Å². The first-order valence-corrected chi connectivity index (χ1v) is 5.68. The molecule has 1 aliphatic heterocycles. The van der Waals surface area contributed by atoms with Crippen LogP contribution < -0.4 is 0 Å². The molecule has 1 heterocycles. The van der Waals surface area contributed by atoms with E-state index in [9.17, 15) is 4.89 Å². The zero-order valence-electron chi connectivity index (χ0n) is 6.68. The number of rotatable bonds is 0. The molecule has 1 N–H and O–H groups in total. The standard InChI is InChI=1S/C6H15O3P/c1-6(2)4-8-10(3,7)9-5-6/h7,10H,4-5H2,1-3H3. The van der Waals surface area contributed by atoms with E-state index in [4.69, 9.17) is 9.05 Å². The topological polar surface area (TPSA) is 38.7 Å². The molecule has 0 aromatic carbocycles. The predicted molar refractivity (Wildman–Crippen MR) is 42.1 cm³/mol. The van der Waals surface area contributed by atoms with Crippen molar-refractivity contribution in [3.05, 3.63) is 0 Å². The van der Waals surface area contributed by atoms with Gasteiger partial charge < -0.3 is 0 Å². The minimum absolute atomic E-state index is 0.0647. The molecule has 1 fully saturated rings. The van der Waals surface area contributed by atoms with E-state index in [1.807, 2.05) is 0 Å². The zero-order chi connectivity index (χ0) is 7.83. The summed E-state index contributed by atoms with van der Waals surface area (Å²) in [4.78, 5) is 9.30. The van der Waals surface area contributed by atoms with Crippen molar-refractivity contribution in [3.63, 3.8) is 0 Å². The van der Waals surface area contributed by atoms with E-state index in [0.717, 1.165) is 0 Å². The maximum atomic E-state index is 9.30. The molecule has 0 saturated carbocycles. The molecule has 0 aliphatic carbocycles. The molecule has 4 heteroatoms. The third kappa shape index (κ3) is 2.17. The molecule has 0 aromatic rings. The molecular weight excluding hydrogens is 151 g/mol. The number of hydrogen-bond donors (Lipinski definition) is 1. The van der Waals surface area contributed by atoms with Gasteiger partial charge in [-0.1, -0.05) is 0 Å². The number of hydrogen-bond acceptors (Lipinski definition) is 3. The van der Waals surface area contributed by atoms with Crippen molar-refractivity contribution >= 4 is 7.94 Å². The normalized spacial score (nSPS) is 33.2. The Bertz CT molecular complexity index is 105. The van der Waals surface area contributed by atoms with Gasteiger partial charge in [-0.3, -0.25) is 0 Å². The molecule has 10 heavy (non-hydrogen) atoms. The molecule has 3 nitrogen and oxygen atoms in total. The first-order chi connectivity index (χ1) is 4.41. The minimum atomic E-state index is -2.68. The molecule has 0 radical (unpaired) electrons. The second-order valence-electron chi connectivity index (χ2n) is 3.64. The summed E-state index contributed by atoms with van der Waals surface area (Å²) in [6, 6.07) is 0. The van der Waals surface area contributed by atoms with E-state index < -0.39 is 7.94 Å². The van der Waals surface area contributed by atoms with Crippen molar-refractivity contribution in [2.75, 3.05) is 19.9 Å². The fraction of sp³-hybridized carbons (Fsp3) is 1.00. The van der Waals surface area contributed by atoms with Crippen LogP contribution in [0, 0.1) is 5.41 Å². The van der Waals surface area contributed by atoms with Gasteiger partial charge in [0.15, 0.2) is 0 Å². The second kappa shape index (κ2) is 2.42. The van der Waals surface area contributed by atoms with Crippen LogP contribution >= 0.6 is 7.94 Å². The van der Waals surface area contributed by atoms with Gasteiger partial charge in [0.05, 0.1) is 0 Å². The molecule has 1 rings (SSSR count). The molecule has 62 valence electrons. The summed E-state index contributed by atoms with van der Waals surface area (Å²) in [5.41, 5.74) is 0.0647. The fourth-order valence-corrected chi connectivity index (χ4v) is 2.14. The Balaban J connectivity index is 2.46. The van der Waals surface area contributed by atoms with Gasteiger partial charge >= 0.3 is 61.0 Å². The van der Waals surface area contributed by atoms with Gasteiger partial charge in [-0.25, -0.2) is 0 Å². The summed E-state index contributed by atoms with van der Waals surface area (Å²) in [5.74, 6) is 0. The van der Waals surface area contributed by atoms with Gasteiger partial charge in [0.1, 0.15) is 0 Å². The summed E-state index contributed by atoms with van der Waals surface area (Å²) in [6.45, 7) is 6.95. The van der Waals surface area contributed by atoms with Crippen molar-refractivity contribution in [2.24, 2.45) is 5.41 Å². The molecule has 0 unspecified atom stereocenters. The van der Waals surface area contributed by atoms with Crippen molar-refractivity contribution < 1.29 is 13.9 Å². The Hall–Kier alpha value is 0.310. The first-order valence-electron chi connectivity index (χ1n) is 3.42. The van der Waals surface area contributed by atoms with E-state index in [1.165, 1.54) is 0 Å². The van der Waals surface area contributed by atoms with Crippen molar-refractivity contribution in [3.8, 4) is 0 Å². The molecular formula is C6H15O3P. The van der Waals surface area contributed by atoms with Crippen LogP contribution in [0.4, 0.5) is 0 Å². The average molecular weight is 166 g/mol. The van der Waals surface area contributed by atoms with Crippen LogP contribution in [-0.2, 0) is 9.05 Å². The van der Waals surface area contributed by atoms with Crippen LogP contribution in [0.25, 0.3) is 0 Å². The Labute approximate surface area is 61.9 Å². The molecule has 0 amide bonds. The summed E-state index contributed by atoms with van der Waals surface area (Å²) in [7, 11) is -2.68. The molecule has 1 saturated heterocycles. The summed E-state index contributed by atoms with van der Waals surface area (Å²) < 4.78 is 10.3. The van der Waals surface area contributed by atoms with Gasteiger partial charge in [-0.2, -0.15) is 0 Å². The third-order valence-electron chi connectivity index (χ3n) is 1.46. The summed E-state index contributed by atoms with van der Waals surface area (Å²) in [5, 5.41) is 0. The Kier molecular flexibility index (Phi) is 2.03. The SMILES string of the molecule is CC1(C)CO[PH](C)(O)OC1. The molecule has 1 aliphatic rings. The van der Waals surface area contributed by atoms with Gasteiger partial charge in [0.2, 0.25) is 0 Å². The van der Waals surface area contributed by atoms with Gasteiger partial charge in [0, 0.05) is 0 Å². The van der Waals surface area contributed by atoms with Crippen LogP contribution in [0.1, 0.15) is 13.8 Å². The molecule has 0 bridgehead atoms. The van der Waals surface area contributed by atoms with Crippen LogP contribution in [-0.4, -0.2) is 24.8 Å². The second-order valence-corrected chi connectivity index (χ2v) is 6.01. The fourth-order valence-electron chi connectivity index (χ4n) is 0.742. The van der Waals surface area contributed by atoms with E-state index in [-0.39, 0.29) is 5.41 Å². The Morgan fingerprint density at radius 3 is 2.00 bits per heavy atom. The van der Waals surface area contributed by atoms with Gasteiger partial charge in [0.25, 0.3) is 0 Å². The Morgan fingerprint density at radius 2 is 1.70 bits per heavy atom. The monoisotopic (exact) mass is 166 g/mol. The predicted octanol–water partition coefficient (Wildman–Crippen LogP) is 1.18. The molecule has 0 aromatic heterocycles. The van der Waals surface area contributed by atoms with E-state index >= 15 is 0 Å². The van der Waals surface area contributed by atoms with Crippen molar-refractivity contribution in [1.29, 1.82) is 0 Å². The first kappa shape index (κ1) is 8.41. The third-order valence-corrected chi connectivity index (χ3v) is 2.82. The van der Waals surface area contributed by atoms with Gasteiger partial charge in [-0.05, 0) is 0 Å². The quantitative estimate of drug-likeness (QED) is 0.549. The van der Waals surface area contributed by atoms with Crippen molar-refractivity contribution in [2.45, 2.75) is 13.8 Å². The van der Waals surface area contributed by atoms with Crippen molar-refractivity contribution in [1.82, 2.24) is 0 Å². The summed E-state index contributed by atoms with van der Waals surface area (Å²) >= 11 is 0. The van der Waals surface area contributed by atoms with E-state index in [1.54, 1.807) is 6.66 Å². The van der Waals surface area contributed by atoms with Gasteiger partial charge in [-0.15, -0.1) is 0 Å². The zero-order valence-corrected chi connectivity index (χ0v) is 7.68. The molecule has 0 spiro atoms. The van der Waals surface area contributed by atoms with Crippen LogP contribution in [0.15, 0.2) is 0 Å². The average Bonchev–Trinajstić information content (AvgIpc) is 1.79. The van der Waals surface area contributed by atoms with Crippen LogP contribution in [0.5, 0.6) is 0 Å². The molecule has 0 atom stereocenters. The van der Waals surface area contributed by atoms with E-state index in [2.05, 4.69) is 13.8 Å². The summed E-state index contributed by atoms with van der Waals surface area (Å²) in [6.07, 6.45) is 0. The maximum absolute atomic E-state index is 9.30.